The molecule has 0 aromatic heterocycles. The van der Waals surface area contributed by atoms with Crippen molar-refractivity contribution in [3.63, 3.8) is 0 Å². The fourth-order valence-electron chi connectivity index (χ4n) is 3.74. The lowest BCUT2D eigenvalue weighted by Gasteiger charge is -2.53. The summed E-state index contributed by atoms with van der Waals surface area (Å²) in [6.07, 6.45) is 0. The number of halogens is 2. The zero-order valence-electron chi connectivity index (χ0n) is 12.6. The van der Waals surface area contributed by atoms with E-state index in [0.717, 1.165) is 0 Å². The highest BCUT2D eigenvalue weighted by Crippen LogP contribution is 2.45. The second-order valence-electron chi connectivity index (χ2n) is 6.13. The van der Waals surface area contributed by atoms with Crippen LogP contribution in [0.2, 0.25) is 16.6 Å². The molecule has 0 spiro atoms. The maximum Gasteiger partial charge on any atom is 0.303 e. The molecule has 0 bridgehead atoms. The van der Waals surface area contributed by atoms with E-state index in [1.165, 1.54) is 0 Å². The Morgan fingerprint density at radius 2 is 1.06 bits per heavy atom. The highest BCUT2D eigenvalue weighted by Gasteiger charge is 2.50. The van der Waals surface area contributed by atoms with Gasteiger partial charge in [0, 0.05) is 0 Å². The lowest BCUT2D eigenvalue weighted by atomic mass is 10.4. The third-order valence-corrected chi connectivity index (χ3v) is 16.3. The Kier molecular flexibility index (Phi) is 7.34. The normalized spacial score (nSPS) is 14.1. The van der Waals surface area contributed by atoms with Crippen LogP contribution in [0.3, 0.4) is 0 Å². The van der Waals surface area contributed by atoms with Crippen molar-refractivity contribution < 1.29 is 0 Å². The molecule has 1 nitrogen and oxygen atoms in total. The maximum absolute atomic E-state index is 6.42. The first-order valence-corrected chi connectivity index (χ1v) is 12.8. The van der Waals surface area contributed by atoms with Crippen molar-refractivity contribution in [3.8, 4) is 0 Å². The average molecular weight is 314 g/mol. The van der Waals surface area contributed by atoms with E-state index in [1.54, 1.807) is 0 Å². The van der Waals surface area contributed by atoms with E-state index in [9.17, 15) is 0 Å². The largest absolute Gasteiger partial charge is 0.321 e. The van der Waals surface area contributed by atoms with Gasteiger partial charge in [0.2, 0.25) is 0 Å². The molecule has 0 unspecified atom stereocenters. The van der Waals surface area contributed by atoms with Gasteiger partial charge in [-0.2, -0.15) is 0 Å². The van der Waals surface area contributed by atoms with Crippen molar-refractivity contribution in [3.05, 3.63) is 0 Å². The van der Waals surface area contributed by atoms with Gasteiger partial charge in [0.25, 0.3) is 0 Å². The molecule has 0 aromatic rings. The number of rotatable bonds is 6. The summed E-state index contributed by atoms with van der Waals surface area (Å²) >= 11 is 12.8. The van der Waals surface area contributed by atoms with Crippen LogP contribution in [0.15, 0.2) is 0 Å². The molecule has 5 heteroatoms. The molecule has 0 rings (SSSR count). The van der Waals surface area contributed by atoms with Crippen LogP contribution in [0.25, 0.3) is 0 Å². The Labute approximate surface area is 120 Å². The zero-order valence-corrected chi connectivity index (χ0v) is 16.3. The minimum atomic E-state index is -1.80. The minimum absolute atomic E-state index is 0.459. The smallest absolute Gasteiger partial charge is 0.303 e. The Hall–Kier alpha value is 0.974. The van der Waals surface area contributed by atoms with E-state index < -0.39 is 15.8 Å². The van der Waals surface area contributed by atoms with Crippen LogP contribution in [-0.2, 0) is 0 Å². The van der Waals surface area contributed by atoms with Gasteiger partial charge in [-0.1, -0.05) is 55.4 Å². The third kappa shape index (κ3) is 3.50. The van der Waals surface area contributed by atoms with Gasteiger partial charge in [0.05, 0.1) is 0 Å². The topological polar surface area (TPSA) is 3.24 Å². The summed E-state index contributed by atoms with van der Waals surface area (Å²) in [6.45, 7) is 18.6. The number of nitrogens with zero attached hydrogens (tertiary/aromatic N) is 1. The van der Waals surface area contributed by atoms with Crippen LogP contribution >= 0.6 is 22.2 Å². The van der Waals surface area contributed by atoms with Crippen LogP contribution < -0.4 is 0 Å². The Bertz CT molecular complexity index is 201. The first kappa shape index (κ1) is 18.0. The summed E-state index contributed by atoms with van der Waals surface area (Å²) in [7, 11) is -3.45. The summed E-state index contributed by atoms with van der Waals surface area (Å²) < 4.78 is 2.55. The molecule has 0 aliphatic rings. The second kappa shape index (κ2) is 6.94. The van der Waals surface area contributed by atoms with Crippen molar-refractivity contribution in [1.29, 1.82) is 0 Å². The van der Waals surface area contributed by atoms with Crippen LogP contribution in [0, 0.1) is 0 Å². The highest BCUT2D eigenvalue weighted by atomic mass is 35.7. The van der Waals surface area contributed by atoms with E-state index in [4.69, 9.17) is 22.2 Å². The molecule has 0 N–H and O–H groups in total. The Morgan fingerprint density at radius 1 is 0.765 bits per heavy atom. The van der Waals surface area contributed by atoms with Gasteiger partial charge in [0.1, 0.15) is 8.24 Å². The van der Waals surface area contributed by atoms with Crippen LogP contribution in [0.4, 0.5) is 0 Å². The molecule has 0 aromatic carbocycles. The van der Waals surface area contributed by atoms with Gasteiger partial charge in [-0.15, -0.1) is 22.2 Å². The van der Waals surface area contributed by atoms with Gasteiger partial charge in [0.15, 0.2) is 0 Å². The molecule has 0 fully saturated rings. The van der Waals surface area contributed by atoms with Gasteiger partial charge in [-0.3, -0.25) is 0 Å². The number of hydrogen-bond donors (Lipinski definition) is 0. The summed E-state index contributed by atoms with van der Waals surface area (Å²) in [4.78, 5) is 0. The van der Waals surface area contributed by atoms with Gasteiger partial charge < -0.3 is 4.23 Å². The number of hydrogen-bond acceptors (Lipinski definition) is 1. The van der Waals surface area contributed by atoms with E-state index in [1.807, 2.05) is 0 Å². The zero-order chi connectivity index (χ0) is 14.0. The van der Waals surface area contributed by atoms with E-state index in [0.29, 0.717) is 22.7 Å². The predicted molar refractivity (Wildman–Crippen MR) is 86.9 cm³/mol. The van der Waals surface area contributed by atoms with Crippen LogP contribution in [0.1, 0.15) is 55.4 Å². The van der Waals surface area contributed by atoms with Crippen molar-refractivity contribution in [1.82, 2.24) is 4.23 Å². The van der Waals surface area contributed by atoms with E-state index in [2.05, 4.69) is 59.6 Å². The summed E-state index contributed by atoms with van der Waals surface area (Å²) in [6, 6.07) is 0.459. The highest BCUT2D eigenvalue weighted by molar-refractivity contribution is 7.34. The fourth-order valence-corrected chi connectivity index (χ4v) is 19.3. The molecule has 17 heavy (non-hydrogen) atoms. The first-order valence-electron chi connectivity index (χ1n) is 6.66. The van der Waals surface area contributed by atoms with Gasteiger partial charge >= 0.3 is 7.58 Å². The fraction of sp³-hybridized carbons (Fsp3) is 1.00. The molecule has 0 amide bonds. The van der Waals surface area contributed by atoms with Crippen LogP contribution in [-0.4, -0.2) is 26.1 Å². The molecule has 0 saturated carbocycles. The Balaban J connectivity index is 5.70. The quantitative estimate of drug-likeness (QED) is 0.489. The molecule has 0 aliphatic heterocycles. The lowest BCUT2D eigenvalue weighted by Crippen LogP contribution is -2.65. The first-order chi connectivity index (χ1) is 7.59. The van der Waals surface area contributed by atoms with Crippen molar-refractivity contribution in [2.75, 3.05) is 0 Å². The lowest BCUT2D eigenvalue weighted by molar-refractivity contribution is 0.485. The summed E-state index contributed by atoms with van der Waals surface area (Å²) in [5.74, 6) is 0. The maximum atomic E-state index is 6.42. The minimum Gasteiger partial charge on any atom is -0.321 e. The molecule has 104 valence electrons. The molecular formula is C12H29Cl2NSi2. The predicted octanol–water partition coefficient (Wildman–Crippen LogP) is 5.07. The van der Waals surface area contributed by atoms with Gasteiger partial charge in [-0.05, 0) is 22.7 Å². The average Bonchev–Trinajstić information content (AvgIpc) is 2.09. The van der Waals surface area contributed by atoms with E-state index >= 15 is 0 Å². The standard InChI is InChI=1S/C12H29Cl2NSi2/c1-9(2)15(16(13)14)17(10(3)4,11(5)6)12(7)8/h9-12,16H,1-8H3. The van der Waals surface area contributed by atoms with E-state index in [-0.39, 0.29) is 0 Å². The third-order valence-electron chi connectivity index (χ3n) is 3.99. The molecule has 0 aliphatic carbocycles. The summed E-state index contributed by atoms with van der Waals surface area (Å²) in [5.41, 5.74) is 2.03. The molecule has 0 radical (unpaired) electrons. The molecule has 0 saturated heterocycles. The molecular weight excluding hydrogens is 285 g/mol. The molecule has 0 heterocycles. The Morgan fingerprint density at radius 3 is 1.12 bits per heavy atom. The monoisotopic (exact) mass is 313 g/mol. The second-order valence-corrected chi connectivity index (χ2v) is 16.7. The molecule has 0 atom stereocenters. The van der Waals surface area contributed by atoms with Crippen LogP contribution in [0.5, 0.6) is 0 Å². The van der Waals surface area contributed by atoms with Crippen molar-refractivity contribution >= 4 is 38.0 Å². The summed E-state index contributed by atoms with van der Waals surface area (Å²) in [5, 5.41) is 0. The van der Waals surface area contributed by atoms with Crippen molar-refractivity contribution in [2.24, 2.45) is 0 Å². The van der Waals surface area contributed by atoms with Gasteiger partial charge in [-0.25, -0.2) is 0 Å². The SMILES string of the molecule is CC(C)N([SiH](Cl)Cl)[Si](C(C)C)(C(C)C)C(C)C. The van der Waals surface area contributed by atoms with Crippen molar-refractivity contribution in [2.45, 2.75) is 78.1 Å².